The number of aliphatic hydroxyl groups is 4. The first-order valence-electron chi connectivity index (χ1n) is 10.0. The van der Waals surface area contributed by atoms with E-state index in [4.69, 9.17) is 9.47 Å². The molecule has 0 aliphatic carbocycles. The van der Waals surface area contributed by atoms with E-state index in [9.17, 15) is 20.4 Å². The van der Waals surface area contributed by atoms with Gasteiger partial charge in [0.2, 0.25) is 0 Å². The molecule has 8 heteroatoms. The molecule has 4 N–H and O–H groups in total. The Labute approximate surface area is 183 Å². The van der Waals surface area contributed by atoms with Crippen LogP contribution in [0.15, 0.2) is 58.3 Å². The molecule has 0 amide bonds. The van der Waals surface area contributed by atoms with Crippen LogP contribution in [0.3, 0.4) is 0 Å². The Morgan fingerprint density at radius 3 is 1.33 bits per heavy atom. The van der Waals surface area contributed by atoms with Crippen molar-refractivity contribution >= 4 is 21.6 Å². The van der Waals surface area contributed by atoms with E-state index < -0.39 is 24.4 Å². The molecular formula is C22H26O6S2. The molecule has 0 radical (unpaired) electrons. The molecule has 30 heavy (non-hydrogen) atoms. The standard InChI is InChI=1S/C22H26O6S2/c23-11-21-17(25)9-19(27-21)13-1-5-15(6-2-13)29-30-16-7-3-14(4-8-16)20-10-18(26)22(12-24)28-20/h1-8,17-26H,9-12H2. The maximum absolute atomic E-state index is 9.89. The van der Waals surface area contributed by atoms with Crippen LogP contribution in [0.4, 0.5) is 0 Å². The summed E-state index contributed by atoms with van der Waals surface area (Å²) in [4.78, 5) is 2.22. The highest BCUT2D eigenvalue weighted by Crippen LogP contribution is 2.40. The van der Waals surface area contributed by atoms with Crippen LogP contribution in [0.2, 0.25) is 0 Å². The van der Waals surface area contributed by atoms with Crippen molar-refractivity contribution in [1.82, 2.24) is 0 Å². The number of rotatable bonds is 7. The van der Waals surface area contributed by atoms with E-state index in [0.29, 0.717) is 12.8 Å². The van der Waals surface area contributed by atoms with Gasteiger partial charge in [-0.1, -0.05) is 45.9 Å². The van der Waals surface area contributed by atoms with E-state index >= 15 is 0 Å². The van der Waals surface area contributed by atoms with Gasteiger partial charge >= 0.3 is 0 Å². The van der Waals surface area contributed by atoms with E-state index in [0.717, 1.165) is 20.9 Å². The predicted molar refractivity (Wildman–Crippen MR) is 115 cm³/mol. The smallest absolute Gasteiger partial charge is 0.107 e. The van der Waals surface area contributed by atoms with Gasteiger partial charge in [0, 0.05) is 22.6 Å². The Kier molecular flexibility index (Phi) is 7.38. The molecule has 6 nitrogen and oxygen atoms in total. The lowest BCUT2D eigenvalue weighted by Crippen LogP contribution is -2.24. The van der Waals surface area contributed by atoms with Gasteiger partial charge in [0.05, 0.1) is 37.6 Å². The van der Waals surface area contributed by atoms with Crippen LogP contribution < -0.4 is 0 Å². The van der Waals surface area contributed by atoms with Gasteiger partial charge in [-0.25, -0.2) is 0 Å². The van der Waals surface area contributed by atoms with Crippen LogP contribution in [0.5, 0.6) is 0 Å². The highest BCUT2D eigenvalue weighted by Gasteiger charge is 2.35. The summed E-state index contributed by atoms with van der Waals surface area (Å²) in [6.45, 7) is -0.340. The Morgan fingerprint density at radius 1 is 0.667 bits per heavy atom. The summed E-state index contributed by atoms with van der Waals surface area (Å²) in [6.07, 6.45) is -1.62. The van der Waals surface area contributed by atoms with Gasteiger partial charge in [-0.05, 0) is 35.4 Å². The average molecular weight is 451 g/mol. The number of hydrogen-bond donors (Lipinski definition) is 4. The summed E-state index contributed by atoms with van der Waals surface area (Å²) >= 11 is 0. The zero-order chi connectivity index (χ0) is 21.1. The first-order valence-corrected chi connectivity index (χ1v) is 12.2. The second-order valence-corrected chi connectivity index (χ2v) is 9.88. The molecule has 2 aliphatic heterocycles. The summed E-state index contributed by atoms with van der Waals surface area (Å²) in [5.41, 5.74) is 2.01. The third-order valence-electron chi connectivity index (χ3n) is 5.55. The number of hydrogen-bond acceptors (Lipinski definition) is 8. The van der Waals surface area contributed by atoms with Crippen molar-refractivity contribution in [2.45, 2.75) is 59.3 Å². The Balaban J connectivity index is 1.30. The van der Waals surface area contributed by atoms with Gasteiger partial charge in [-0.15, -0.1) is 0 Å². The average Bonchev–Trinajstić information content (AvgIpc) is 3.35. The normalized spacial score (nSPS) is 31.3. The highest BCUT2D eigenvalue weighted by atomic mass is 33.1. The fourth-order valence-electron chi connectivity index (χ4n) is 3.79. The van der Waals surface area contributed by atoms with Gasteiger partial charge in [-0.3, -0.25) is 0 Å². The van der Waals surface area contributed by atoms with E-state index in [-0.39, 0.29) is 25.4 Å². The van der Waals surface area contributed by atoms with Crippen molar-refractivity contribution < 1.29 is 29.9 Å². The van der Waals surface area contributed by atoms with Gasteiger partial charge in [0.15, 0.2) is 0 Å². The number of benzene rings is 2. The largest absolute Gasteiger partial charge is 0.394 e. The fraction of sp³-hybridized carbons (Fsp3) is 0.455. The monoisotopic (exact) mass is 450 g/mol. The van der Waals surface area contributed by atoms with E-state index in [1.165, 1.54) is 0 Å². The second-order valence-electron chi connectivity index (χ2n) is 7.60. The number of ether oxygens (including phenoxy) is 2. The molecule has 4 rings (SSSR count). The summed E-state index contributed by atoms with van der Waals surface area (Å²) in [7, 11) is 3.31. The van der Waals surface area contributed by atoms with Gasteiger partial charge in [0.1, 0.15) is 12.2 Å². The molecule has 0 aromatic heterocycles. The Hall–Kier alpha value is -1.10. The summed E-state index contributed by atoms with van der Waals surface area (Å²) in [6, 6.07) is 16.1. The molecule has 0 spiro atoms. The van der Waals surface area contributed by atoms with Crippen LogP contribution in [-0.2, 0) is 9.47 Å². The SMILES string of the molecule is OCC1OC(c2ccc(SSc3ccc(C4CC(O)C(CO)O4)cc3)cc2)CC1O. The fourth-order valence-corrected chi connectivity index (χ4v) is 5.72. The van der Waals surface area contributed by atoms with Gasteiger partial charge < -0.3 is 29.9 Å². The first-order chi connectivity index (χ1) is 14.6. The van der Waals surface area contributed by atoms with Crippen LogP contribution in [0.1, 0.15) is 36.2 Å². The molecule has 2 saturated heterocycles. The van der Waals surface area contributed by atoms with Crippen molar-refractivity contribution in [3.05, 3.63) is 59.7 Å². The van der Waals surface area contributed by atoms with Crippen molar-refractivity contribution in [1.29, 1.82) is 0 Å². The maximum atomic E-state index is 9.89. The van der Waals surface area contributed by atoms with Crippen molar-refractivity contribution in [3.8, 4) is 0 Å². The lowest BCUT2D eigenvalue weighted by Gasteiger charge is -2.13. The maximum Gasteiger partial charge on any atom is 0.107 e. The molecule has 6 unspecified atom stereocenters. The zero-order valence-electron chi connectivity index (χ0n) is 16.3. The molecule has 162 valence electrons. The first kappa shape index (κ1) is 22.1. The predicted octanol–water partition coefficient (Wildman–Crippen LogP) is 2.85. The minimum Gasteiger partial charge on any atom is -0.394 e. The quantitative estimate of drug-likeness (QED) is 0.478. The molecule has 6 atom stereocenters. The number of aliphatic hydroxyl groups excluding tert-OH is 4. The molecular weight excluding hydrogens is 424 g/mol. The Bertz CT molecular complexity index is 746. The molecule has 0 bridgehead atoms. The summed E-state index contributed by atoms with van der Waals surface area (Å²) in [5.74, 6) is 0. The van der Waals surface area contributed by atoms with Crippen molar-refractivity contribution in [3.63, 3.8) is 0 Å². The van der Waals surface area contributed by atoms with Crippen molar-refractivity contribution in [2.24, 2.45) is 0 Å². The summed E-state index contributed by atoms with van der Waals surface area (Å²) < 4.78 is 11.4. The highest BCUT2D eigenvalue weighted by molar-refractivity contribution is 8.76. The molecule has 2 heterocycles. The van der Waals surface area contributed by atoms with E-state index in [2.05, 4.69) is 0 Å². The lowest BCUT2D eigenvalue weighted by atomic mass is 10.1. The zero-order valence-corrected chi connectivity index (χ0v) is 18.0. The lowest BCUT2D eigenvalue weighted by molar-refractivity contribution is -0.0225. The third-order valence-corrected chi connectivity index (χ3v) is 7.96. The van der Waals surface area contributed by atoms with Crippen molar-refractivity contribution in [2.75, 3.05) is 13.2 Å². The van der Waals surface area contributed by atoms with Crippen LogP contribution in [0, 0.1) is 0 Å². The van der Waals surface area contributed by atoms with Gasteiger partial charge in [-0.2, -0.15) is 0 Å². The van der Waals surface area contributed by atoms with E-state index in [1.54, 1.807) is 21.6 Å². The Morgan fingerprint density at radius 2 is 1.03 bits per heavy atom. The van der Waals surface area contributed by atoms with E-state index in [1.807, 2.05) is 48.5 Å². The molecule has 0 saturated carbocycles. The van der Waals surface area contributed by atoms with Gasteiger partial charge in [0.25, 0.3) is 0 Å². The molecule has 2 fully saturated rings. The second kappa shape index (κ2) is 10.0. The van der Waals surface area contributed by atoms with Crippen LogP contribution in [-0.4, -0.2) is 58.1 Å². The molecule has 2 aromatic carbocycles. The third kappa shape index (κ3) is 5.03. The summed E-state index contributed by atoms with van der Waals surface area (Å²) in [5, 5.41) is 38.2. The minimum atomic E-state index is -0.625. The topological polar surface area (TPSA) is 99.4 Å². The molecule has 2 aliphatic rings. The molecule has 2 aromatic rings. The van der Waals surface area contributed by atoms with Crippen LogP contribution >= 0.6 is 21.6 Å². The van der Waals surface area contributed by atoms with Crippen LogP contribution in [0.25, 0.3) is 0 Å². The minimum absolute atomic E-state index is 0.170.